The lowest BCUT2D eigenvalue weighted by molar-refractivity contribution is -0.154. The molecule has 1 unspecified atom stereocenters. The minimum Gasteiger partial charge on any atom is -0.450 e. The fourth-order valence-electron chi connectivity index (χ4n) is 4.30. The first kappa shape index (κ1) is 18.5. The number of carbonyl (C=O) groups is 2. The Labute approximate surface area is 168 Å². The van der Waals surface area contributed by atoms with Gasteiger partial charge < -0.3 is 4.74 Å². The zero-order chi connectivity index (χ0) is 19.2. The number of hydrogen-bond donors (Lipinski definition) is 0. The van der Waals surface area contributed by atoms with Crippen LogP contribution in [0.2, 0.25) is 10.0 Å². The van der Waals surface area contributed by atoms with Crippen molar-refractivity contribution in [3.8, 4) is 11.1 Å². The molecule has 0 aromatic heterocycles. The van der Waals surface area contributed by atoms with E-state index in [0.29, 0.717) is 28.5 Å². The molecule has 4 rings (SSSR count). The monoisotopic (exact) mass is 402 g/mol. The van der Waals surface area contributed by atoms with E-state index in [1.54, 1.807) is 12.1 Å². The van der Waals surface area contributed by atoms with Crippen molar-refractivity contribution in [2.75, 3.05) is 0 Å². The summed E-state index contributed by atoms with van der Waals surface area (Å²) in [7, 11) is 0. The average molecular weight is 403 g/mol. The van der Waals surface area contributed by atoms with Gasteiger partial charge in [0.15, 0.2) is 11.4 Å². The van der Waals surface area contributed by atoms with E-state index < -0.39 is 17.5 Å². The van der Waals surface area contributed by atoms with E-state index in [2.05, 4.69) is 0 Å². The van der Waals surface area contributed by atoms with Crippen LogP contribution in [0.4, 0.5) is 0 Å². The van der Waals surface area contributed by atoms with Crippen molar-refractivity contribution < 1.29 is 14.3 Å². The third kappa shape index (κ3) is 3.17. The smallest absolute Gasteiger partial charge is 0.322 e. The van der Waals surface area contributed by atoms with Crippen LogP contribution in [0.1, 0.15) is 49.1 Å². The Balaban J connectivity index is 1.73. The molecule has 1 aliphatic heterocycles. The van der Waals surface area contributed by atoms with Gasteiger partial charge in [0.25, 0.3) is 0 Å². The van der Waals surface area contributed by atoms with Gasteiger partial charge in [0.1, 0.15) is 5.92 Å². The molecule has 2 aromatic carbocycles. The van der Waals surface area contributed by atoms with E-state index >= 15 is 0 Å². The Hall–Kier alpha value is -1.84. The number of aryl methyl sites for hydroxylation is 1. The molecule has 27 heavy (non-hydrogen) atoms. The van der Waals surface area contributed by atoms with Gasteiger partial charge in [-0.1, -0.05) is 41.8 Å². The quantitative estimate of drug-likeness (QED) is 0.465. The second-order valence-corrected chi connectivity index (χ2v) is 8.32. The van der Waals surface area contributed by atoms with Gasteiger partial charge in [0.2, 0.25) is 0 Å². The largest absolute Gasteiger partial charge is 0.450 e. The lowest BCUT2D eigenvalue weighted by Gasteiger charge is -2.29. The van der Waals surface area contributed by atoms with Crippen LogP contribution in [0.3, 0.4) is 0 Å². The van der Waals surface area contributed by atoms with Crippen molar-refractivity contribution >= 4 is 35.0 Å². The Morgan fingerprint density at radius 1 is 1.04 bits per heavy atom. The molecule has 3 nitrogen and oxygen atoms in total. The van der Waals surface area contributed by atoms with E-state index in [9.17, 15) is 9.59 Å². The van der Waals surface area contributed by atoms with Crippen molar-refractivity contribution in [2.24, 2.45) is 0 Å². The molecule has 1 aliphatic carbocycles. The molecule has 2 aromatic rings. The highest BCUT2D eigenvalue weighted by molar-refractivity contribution is 6.34. The van der Waals surface area contributed by atoms with Crippen LogP contribution in [-0.4, -0.2) is 17.4 Å². The molecule has 1 saturated carbocycles. The Kier molecular flexibility index (Phi) is 4.77. The number of Topliss-reactive ketones (excluding diaryl/α,β-unsaturated/α-hetero) is 1. The first-order chi connectivity index (χ1) is 12.9. The fraction of sp³-hybridized carbons (Fsp3) is 0.364. The van der Waals surface area contributed by atoms with Gasteiger partial charge in [-0.2, -0.15) is 0 Å². The number of esters is 1. The first-order valence-corrected chi connectivity index (χ1v) is 10.00. The number of ether oxygens (including phenoxy) is 1. The summed E-state index contributed by atoms with van der Waals surface area (Å²) in [5.41, 5.74) is 2.28. The highest BCUT2D eigenvalue weighted by atomic mass is 35.5. The minimum atomic E-state index is -0.926. The van der Waals surface area contributed by atoms with Crippen LogP contribution in [0, 0.1) is 6.92 Å². The number of benzene rings is 2. The van der Waals surface area contributed by atoms with Crippen molar-refractivity contribution in [2.45, 2.75) is 50.5 Å². The summed E-state index contributed by atoms with van der Waals surface area (Å²) in [5.74, 6) is -1.44. The first-order valence-electron chi connectivity index (χ1n) is 9.24. The summed E-state index contributed by atoms with van der Waals surface area (Å²) in [5, 5.41) is 1.11. The van der Waals surface area contributed by atoms with E-state index in [1.165, 1.54) is 0 Å². The predicted molar refractivity (Wildman–Crippen MR) is 106 cm³/mol. The third-order valence-electron chi connectivity index (χ3n) is 5.71. The lowest BCUT2D eigenvalue weighted by atomic mass is 9.77. The predicted octanol–water partition coefficient (Wildman–Crippen LogP) is 5.88. The standard InChI is InChI=1S/C22H20Cl2O3/c1-13-10-17(14-6-5-7-15(23)11-14)18(24)12-16(13)19-20(25)22(27-21(19)26)8-3-2-4-9-22/h5-7,10-12,19H,2-4,8-9H2,1H3. The number of ketones is 1. The molecule has 1 heterocycles. The van der Waals surface area contributed by atoms with Crippen LogP contribution in [0.5, 0.6) is 0 Å². The van der Waals surface area contributed by atoms with Crippen LogP contribution in [0.15, 0.2) is 36.4 Å². The summed E-state index contributed by atoms with van der Waals surface area (Å²) in [4.78, 5) is 25.8. The Morgan fingerprint density at radius 3 is 2.48 bits per heavy atom. The van der Waals surface area contributed by atoms with Gasteiger partial charge in [0.05, 0.1) is 0 Å². The number of carbonyl (C=O) groups excluding carboxylic acids is 2. The van der Waals surface area contributed by atoms with Gasteiger partial charge in [-0.05, 0) is 73.6 Å². The molecule has 2 fully saturated rings. The maximum Gasteiger partial charge on any atom is 0.322 e. The van der Waals surface area contributed by atoms with E-state index in [1.807, 2.05) is 31.2 Å². The normalized spacial score (nSPS) is 21.5. The molecule has 0 amide bonds. The highest BCUT2D eigenvalue weighted by Crippen LogP contribution is 2.45. The second kappa shape index (κ2) is 6.96. The molecule has 5 heteroatoms. The molecule has 2 aliphatic rings. The Morgan fingerprint density at radius 2 is 1.78 bits per heavy atom. The van der Waals surface area contributed by atoms with Crippen LogP contribution >= 0.6 is 23.2 Å². The summed E-state index contributed by atoms with van der Waals surface area (Å²) in [6.45, 7) is 1.89. The van der Waals surface area contributed by atoms with Gasteiger partial charge in [-0.15, -0.1) is 0 Å². The summed E-state index contributed by atoms with van der Waals surface area (Å²) < 4.78 is 5.65. The zero-order valence-electron chi connectivity index (χ0n) is 15.1. The van der Waals surface area contributed by atoms with Gasteiger partial charge >= 0.3 is 5.97 Å². The molecular formula is C22H20Cl2O3. The topological polar surface area (TPSA) is 43.4 Å². The van der Waals surface area contributed by atoms with Gasteiger partial charge in [-0.3, -0.25) is 9.59 Å². The molecule has 1 spiro atoms. The minimum absolute atomic E-state index is 0.109. The van der Waals surface area contributed by atoms with Crippen molar-refractivity contribution in [3.05, 3.63) is 57.6 Å². The molecule has 140 valence electrons. The van der Waals surface area contributed by atoms with Crippen LogP contribution in [0.25, 0.3) is 11.1 Å². The summed E-state index contributed by atoms with van der Waals surface area (Å²) in [6, 6.07) is 11.1. The van der Waals surface area contributed by atoms with Crippen LogP contribution in [-0.2, 0) is 14.3 Å². The molecule has 1 saturated heterocycles. The lowest BCUT2D eigenvalue weighted by Crippen LogP contribution is -2.39. The SMILES string of the molecule is Cc1cc(-c2cccc(Cl)c2)c(Cl)cc1C1C(=O)OC2(CCCCC2)C1=O. The second-order valence-electron chi connectivity index (χ2n) is 7.47. The number of hydrogen-bond acceptors (Lipinski definition) is 3. The number of rotatable bonds is 2. The zero-order valence-corrected chi connectivity index (χ0v) is 16.6. The van der Waals surface area contributed by atoms with Crippen molar-refractivity contribution in [3.63, 3.8) is 0 Å². The van der Waals surface area contributed by atoms with Crippen molar-refractivity contribution in [1.82, 2.24) is 0 Å². The summed E-state index contributed by atoms with van der Waals surface area (Å²) >= 11 is 12.6. The van der Waals surface area contributed by atoms with E-state index in [4.69, 9.17) is 27.9 Å². The maximum absolute atomic E-state index is 13.1. The molecule has 0 bridgehead atoms. The van der Waals surface area contributed by atoms with E-state index in [-0.39, 0.29) is 5.78 Å². The van der Waals surface area contributed by atoms with Gasteiger partial charge in [-0.25, -0.2) is 0 Å². The summed E-state index contributed by atoms with van der Waals surface area (Å²) in [6.07, 6.45) is 4.16. The highest BCUT2D eigenvalue weighted by Gasteiger charge is 2.55. The molecule has 0 radical (unpaired) electrons. The fourth-order valence-corrected chi connectivity index (χ4v) is 4.77. The molecule has 1 atom stereocenters. The molecular weight excluding hydrogens is 383 g/mol. The van der Waals surface area contributed by atoms with Gasteiger partial charge in [0, 0.05) is 15.6 Å². The Bertz CT molecular complexity index is 929. The average Bonchev–Trinajstić information content (AvgIpc) is 2.87. The third-order valence-corrected chi connectivity index (χ3v) is 6.25. The number of halogens is 2. The van der Waals surface area contributed by atoms with Crippen LogP contribution < -0.4 is 0 Å². The van der Waals surface area contributed by atoms with E-state index in [0.717, 1.165) is 36.0 Å². The van der Waals surface area contributed by atoms with Crippen molar-refractivity contribution in [1.29, 1.82) is 0 Å². The molecule has 0 N–H and O–H groups in total. The maximum atomic E-state index is 13.1.